The van der Waals surface area contributed by atoms with Gasteiger partial charge in [0.25, 0.3) is 0 Å². The number of rotatable bonds is 4. The highest BCUT2D eigenvalue weighted by molar-refractivity contribution is 5.76. The third kappa shape index (κ3) is 3.17. The molecule has 2 aromatic rings. The summed E-state index contributed by atoms with van der Waals surface area (Å²) in [7, 11) is 0. The van der Waals surface area contributed by atoms with Gasteiger partial charge in [-0.1, -0.05) is 25.1 Å². The molecular weight excluding hydrogens is 328 g/mol. The maximum Gasteiger partial charge on any atom is 0.227 e. The van der Waals surface area contributed by atoms with E-state index in [0.717, 1.165) is 49.3 Å². The number of nitrogens with zero attached hydrogens (tertiary/aromatic N) is 3. The average molecular weight is 352 g/mol. The molecule has 2 aliphatic rings. The second-order valence-corrected chi connectivity index (χ2v) is 6.96. The number of likely N-dealkylation sites (tertiary alicyclic amines) is 1. The number of hydrogen-bond donors (Lipinski definition) is 1. The van der Waals surface area contributed by atoms with Gasteiger partial charge in [0.2, 0.25) is 11.9 Å². The van der Waals surface area contributed by atoms with E-state index < -0.39 is 0 Å². The van der Waals surface area contributed by atoms with Crippen molar-refractivity contribution in [2.24, 2.45) is 0 Å². The molecule has 1 fully saturated rings. The minimum Gasteiger partial charge on any atom is -0.364 e. The van der Waals surface area contributed by atoms with E-state index in [0.29, 0.717) is 19.0 Å². The minimum atomic E-state index is -0.330. The lowest BCUT2D eigenvalue weighted by molar-refractivity contribution is -0.138. The summed E-state index contributed by atoms with van der Waals surface area (Å²) >= 11 is 0. The summed E-state index contributed by atoms with van der Waals surface area (Å²) in [5.74, 6) is 0.838. The largest absolute Gasteiger partial charge is 0.364 e. The van der Waals surface area contributed by atoms with Gasteiger partial charge in [-0.15, -0.1) is 0 Å². The summed E-state index contributed by atoms with van der Waals surface area (Å²) in [5, 5.41) is 3.23. The van der Waals surface area contributed by atoms with Gasteiger partial charge in [0.05, 0.1) is 12.3 Å². The van der Waals surface area contributed by atoms with Crippen LogP contribution in [-0.2, 0) is 21.7 Å². The molecule has 3 heterocycles. The third-order valence-corrected chi connectivity index (χ3v) is 5.26. The summed E-state index contributed by atoms with van der Waals surface area (Å²) < 4.78 is 6.18. The lowest BCUT2D eigenvalue weighted by Gasteiger charge is -2.39. The second kappa shape index (κ2) is 7.03. The molecule has 1 N–H and O–H groups in total. The highest BCUT2D eigenvalue weighted by Gasteiger charge is 2.44. The summed E-state index contributed by atoms with van der Waals surface area (Å²) in [6.07, 6.45) is 5.03. The molecule has 1 spiro atoms. The zero-order valence-corrected chi connectivity index (χ0v) is 15.1. The lowest BCUT2D eigenvalue weighted by Crippen LogP contribution is -2.45. The first-order valence-electron chi connectivity index (χ1n) is 9.30. The van der Waals surface area contributed by atoms with Crippen molar-refractivity contribution >= 4 is 17.5 Å². The SMILES string of the molecule is CCCC(=O)N1CCC2(CC1)OCc1nc(Nc3ccccc3)ncc12. The first-order valence-corrected chi connectivity index (χ1v) is 9.30. The number of fused-ring (bicyclic) bond motifs is 2. The molecule has 2 aliphatic heterocycles. The standard InChI is InChI=1S/C20H24N4O2/c1-2-6-18(25)24-11-9-20(10-12-24)16-13-21-19(23-17(16)14-26-20)22-15-7-4-3-5-8-15/h3-5,7-8,13H,2,6,9-12,14H2,1H3,(H,21,22,23). The topological polar surface area (TPSA) is 67.4 Å². The number of amides is 1. The number of carbonyl (C=O) groups is 1. The van der Waals surface area contributed by atoms with E-state index in [-0.39, 0.29) is 11.5 Å². The Morgan fingerprint density at radius 3 is 2.77 bits per heavy atom. The van der Waals surface area contributed by atoms with Crippen molar-refractivity contribution in [2.75, 3.05) is 18.4 Å². The molecule has 1 saturated heterocycles. The predicted molar refractivity (Wildman–Crippen MR) is 98.9 cm³/mol. The summed E-state index contributed by atoms with van der Waals surface area (Å²) in [6.45, 7) is 4.02. The third-order valence-electron chi connectivity index (χ3n) is 5.26. The van der Waals surface area contributed by atoms with E-state index in [4.69, 9.17) is 4.74 Å². The van der Waals surface area contributed by atoms with Crippen LogP contribution in [-0.4, -0.2) is 33.9 Å². The van der Waals surface area contributed by atoms with Crippen LogP contribution in [0.15, 0.2) is 36.5 Å². The molecular formula is C20H24N4O2. The molecule has 6 nitrogen and oxygen atoms in total. The number of benzene rings is 1. The van der Waals surface area contributed by atoms with Crippen LogP contribution in [0.2, 0.25) is 0 Å². The molecule has 1 aromatic carbocycles. The van der Waals surface area contributed by atoms with Gasteiger partial charge in [-0.05, 0) is 31.4 Å². The number of aromatic nitrogens is 2. The number of anilines is 2. The summed E-state index contributed by atoms with van der Waals surface area (Å²) in [6, 6.07) is 9.89. The summed E-state index contributed by atoms with van der Waals surface area (Å²) in [5.41, 5.74) is 2.66. The van der Waals surface area contributed by atoms with Gasteiger partial charge < -0.3 is 15.0 Å². The summed E-state index contributed by atoms with van der Waals surface area (Å²) in [4.78, 5) is 23.2. The van der Waals surface area contributed by atoms with Gasteiger partial charge in [-0.2, -0.15) is 0 Å². The first kappa shape index (κ1) is 17.0. The Kier molecular flexibility index (Phi) is 4.59. The second-order valence-electron chi connectivity index (χ2n) is 6.96. The Labute approximate surface area is 153 Å². The van der Waals surface area contributed by atoms with Crippen LogP contribution in [0.25, 0.3) is 0 Å². The van der Waals surface area contributed by atoms with E-state index in [1.54, 1.807) is 0 Å². The fraction of sp³-hybridized carbons (Fsp3) is 0.450. The molecule has 1 amide bonds. The Bertz CT molecular complexity index is 786. The molecule has 0 bridgehead atoms. The number of nitrogens with one attached hydrogen (secondary N) is 1. The monoisotopic (exact) mass is 352 g/mol. The Morgan fingerprint density at radius 1 is 1.27 bits per heavy atom. The number of ether oxygens (including phenoxy) is 1. The Balaban J connectivity index is 1.48. The Morgan fingerprint density at radius 2 is 2.04 bits per heavy atom. The number of hydrogen-bond acceptors (Lipinski definition) is 5. The van der Waals surface area contributed by atoms with Crippen molar-refractivity contribution in [3.05, 3.63) is 47.8 Å². The van der Waals surface area contributed by atoms with Crippen molar-refractivity contribution in [3.63, 3.8) is 0 Å². The molecule has 26 heavy (non-hydrogen) atoms. The lowest BCUT2D eigenvalue weighted by atomic mass is 9.85. The fourth-order valence-corrected chi connectivity index (χ4v) is 3.81. The van der Waals surface area contributed by atoms with E-state index in [2.05, 4.69) is 15.3 Å². The predicted octanol–water partition coefficient (Wildman–Crippen LogP) is 3.37. The van der Waals surface area contributed by atoms with Gasteiger partial charge in [0.1, 0.15) is 5.60 Å². The van der Waals surface area contributed by atoms with Crippen molar-refractivity contribution in [2.45, 2.75) is 44.8 Å². The highest BCUT2D eigenvalue weighted by atomic mass is 16.5. The molecule has 0 atom stereocenters. The first-order chi connectivity index (χ1) is 12.7. The highest BCUT2D eigenvalue weighted by Crippen LogP contribution is 2.43. The molecule has 4 rings (SSSR count). The minimum absolute atomic E-state index is 0.249. The zero-order valence-electron chi connectivity index (χ0n) is 15.1. The zero-order chi connectivity index (χ0) is 18.0. The van der Waals surface area contributed by atoms with Crippen LogP contribution >= 0.6 is 0 Å². The smallest absolute Gasteiger partial charge is 0.227 e. The number of carbonyl (C=O) groups excluding carboxylic acids is 1. The van der Waals surface area contributed by atoms with Crippen LogP contribution in [0, 0.1) is 0 Å². The maximum absolute atomic E-state index is 12.1. The van der Waals surface area contributed by atoms with Crippen molar-refractivity contribution in [1.82, 2.24) is 14.9 Å². The molecule has 0 unspecified atom stereocenters. The van der Waals surface area contributed by atoms with Crippen LogP contribution in [0.5, 0.6) is 0 Å². The molecule has 6 heteroatoms. The van der Waals surface area contributed by atoms with Crippen LogP contribution in [0.3, 0.4) is 0 Å². The van der Waals surface area contributed by atoms with E-state index in [1.807, 2.05) is 48.4 Å². The van der Waals surface area contributed by atoms with Crippen molar-refractivity contribution in [3.8, 4) is 0 Å². The van der Waals surface area contributed by atoms with E-state index in [9.17, 15) is 4.79 Å². The molecule has 0 aliphatic carbocycles. The molecule has 0 saturated carbocycles. The fourth-order valence-electron chi connectivity index (χ4n) is 3.81. The average Bonchev–Trinajstić information content (AvgIpc) is 3.01. The van der Waals surface area contributed by atoms with Gasteiger partial charge >= 0.3 is 0 Å². The normalized spacial score (nSPS) is 18.0. The molecule has 1 aromatic heterocycles. The van der Waals surface area contributed by atoms with Crippen LogP contribution in [0.1, 0.15) is 43.9 Å². The Hall–Kier alpha value is -2.47. The number of piperidine rings is 1. The van der Waals surface area contributed by atoms with Gasteiger partial charge in [0, 0.05) is 37.0 Å². The quantitative estimate of drug-likeness (QED) is 0.914. The van der Waals surface area contributed by atoms with Crippen LogP contribution in [0.4, 0.5) is 11.6 Å². The van der Waals surface area contributed by atoms with E-state index in [1.165, 1.54) is 0 Å². The van der Waals surface area contributed by atoms with Crippen molar-refractivity contribution < 1.29 is 9.53 Å². The number of para-hydroxylation sites is 1. The molecule has 0 radical (unpaired) electrons. The van der Waals surface area contributed by atoms with Gasteiger partial charge in [0.15, 0.2) is 0 Å². The van der Waals surface area contributed by atoms with E-state index >= 15 is 0 Å². The van der Waals surface area contributed by atoms with Gasteiger partial charge in [-0.3, -0.25) is 4.79 Å². The molecule has 136 valence electrons. The van der Waals surface area contributed by atoms with Crippen LogP contribution < -0.4 is 5.32 Å². The van der Waals surface area contributed by atoms with Crippen molar-refractivity contribution in [1.29, 1.82) is 0 Å². The maximum atomic E-state index is 12.1. The van der Waals surface area contributed by atoms with Gasteiger partial charge in [-0.25, -0.2) is 9.97 Å².